The van der Waals surface area contributed by atoms with E-state index in [1.165, 1.54) is 6.07 Å². The van der Waals surface area contributed by atoms with Crippen LogP contribution in [-0.2, 0) is 4.79 Å². The standard InChI is InChI=1S/C19H21NO4S/c1-10-7-11(2)16(9-14(10)19(23)24)20-18(22)6-5-17(21)15-8-12(3)25-13(15)4/h7-9H,5-6H2,1-4H3,(H,20,22)(H,23,24). The first-order chi connectivity index (χ1) is 11.7. The number of ketones is 1. The lowest BCUT2D eigenvalue weighted by Crippen LogP contribution is -2.15. The fourth-order valence-electron chi connectivity index (χ4n) is 2.70. The molecule has 25 heavy (non-hydrogen) atoms. The Kier molecular flexibility index (Phi) is 5.74. The number of hydrogen-bond acceptors (Lipinski definition) is 4. The lowest BCUT2D eigenvalue weighted by molar-refractivity contribution is -0.116. The van der Waals surface area contributed by atoms with Gasteiger partial charge in [0.25, 0.3) is 0 Å². The molecule has 1 aromatic carbocycles. The number of anilines is 1. The highest BCUT2D eigenvalue weighted by molar-refractivity contribution is 7.12. The topological polar surface area (TPSA) is 83.5 Å². The molecule has 0 spiro atoms. The molecule has 0 bridgehead atoms. The number of hydrogen-bond donors (Lipinski definition) is 2. The number of rotatable bonds is 6. The number of carboxylic acid groups (broad SMARTS) is 1. The maximum absolute atomic E-state index is 12.2. The molecule has 6 heteroatoms. The van der Waals surface area contributed by atoms with Crippen LogP contribution >= 0.6 is 11.3 Å². The van der Waals surface area contributed by atoms with Gasteiger partial charge in [0.05, 0.1) is 5.56 Å². The third kappa shape index (κ3) is 4.54. The van der Waals surface area contributed by atoms with E-state index in [9.17, 15) is 19.5 Å². The predicted molar refractivity (Wildman–Crippen MR) is 98.9 cm³/mol. The number of thiophene rings is 1. The van der Waals surface area contributed by atoms with E-state index in [4.69, 9.17) is 0 Å². The Morgan fingerprint density at radius 2 is 1.64 bits per heavy atom. The van der Waals surface area contributed by atoms with Crippen molar-refractivity contribution in [2.75, 3.05) is 5.32 Å². The molecule has 1 heterocycles. The van der Waals surface area contributed by atoms with Crippen molar-refractivity contribution in [2.45, 2.75) is 40.5 Å². The summed E-state index contributed by atoms with van der Waals surface area (Å²) in [5.41, 5.74) is 2.72. The Labute approximate surface area is 150 Å². The molecule has 0 radical (unpaired) electrons. The molecule has 0 aliphatic heterocycles. The zero-order valence-corrected chi connectivity index (χ0v) is 15.5. The van der Waals surface area contributed by atoms with Crippen LogP contribution in [0.1, 0.15) is 54.4 Å². The van der Waals surface area contributed by atoms with Crippen molar-refractivity contribution in [1.82, 2.24) is 0 Å². The minimum atomic E-state index is -1.04. The number of carbonyl (C=O) groups excluding carboxylic acids is 2. The minimum Gasteiger partial charge on any atom is -0.478 e. The van der Waals surface area contributed by atoms with Gasteiger partial charge >= 0.3 is 5.97 Å². The highest BCUT2D eigenvalue weighted by Gasteiger charge is 2.15. The number of carbonyl (C=O) groups is 3. The number of benzene rings is 1. The molecule has 0 saturated heterocycles. The van der Waals surface area contributed by atoms with E-state index < -0.39 is 5.97 Å². The second kappa shape index (κ2) is 7.61. The minimum absolute atomic E-state index is 0.0520. The maximum Gasteiger partial charge on any atom is 0.336 e. The summed E-state index contributed by atoms with van der Waals surface area (Å²) in [5.74, 6) is -1.39. The monoisotopic (exact) mass is 359 g/mol. The SMILES string of the molecule is Cc1cc(C(=O)CCC(=O)Nc2cc(C(=O)O)c(C)cc2C)c(C)s1. The van der Waals surface area contributed by atoms with Gasteiger partial charge in [0.15, 0.2) is 5.78 Å². The molecule has 2 rings (SSSR count). The van der Waals surface area contributed by atoms with Crippen LogP contribution in [0, 0.1) is 27.7 Å². The van der Waals surface area contributed by atoms with E-state index in [0.717, 1.165) is 15.3 Å². The van der Waals surface area contributed by atoms with E-state index in [1.807, 2.05) is 19.9 Å². The van der Waals surface area contributed by atoms with E-state index in [2.05, 4.69) is 5.32 Å². The average Bonchev–Trinajstić information content (AvgIpc) is 2.86. The lowest BCUT2D eigenvalue weighted by Gasteiger charge is -2.11. The van der Waals surface area contributed by atoms with Crippen LogP contribution in [0.25, 0.3) is 0 Å². The first kappa shape index (κ1) is 18.9. The molecule has 132 valence electrons. The largest absolute Gasteiger partial charge is 0.478 e. The molecule has 1 aromatic heterocycles. The molecule has 2 aromatic rings. The van der Waals surface area contributed by atoms with Crippen LogP contribution in [0.5, 0.6) is 0 Å². The smallest absolute Gasteiger partial charge is 0.336 e. The van der Waals surface area contributed by atoms with Crippen molar-refractivity contribution in [1.29, 1.82) is 0 Å². The van der Waals surface area contributed by atoms with E-state index >= 15 is 0 Å². The van der Waals surface area contributed by atoms with Crippen molar-refractivity contribution >= 4 is 34.7 Å². The van der Waals surface area contributed by atoms with Crippen LogP contribution in [0.4, 0.5) is 5.69 Å². The first-order valence-corrected chi connectivity index (χ1v) is 8.75. The van der Waals surface area contributed by atoms with Crippen molar-refractivity contribution in [3.63, 3.8) is 0 Å². The molecule has 0 atom stereocenters. The number of aromatic carboxylic acids is 1. The van der Waals surface area contributed by atoms with Gasteiger partial charge in [0, 0.05) is 33.8 Å². The van der Waals surface area contributed by atoms with Crippen molar-refractivity contribution in [3.8, 4) is 0 Å². The zero-order valence-electron chi connectivity index (χ0n) is 14.7. The summed E-state index contributed by atoms with van der Waals surface area (Å²) in [7, 11) is 0. The van der Waals surface area contributed by atoms with Gasteiger partial charge in [-0.25, -0.2) is 4.79 Å². The Morgan fingerprint density at radius 1 is 0.960 bits per heavy atom. The van der Waals surface area contributed by atoms with E-state index in [0.29, 0.717) is 16.8 Å². The van der Waals surface area contributed by atoms with Gasteiger partial charge in [-0.3, -0.25) is 9.59 Å². The Bertz CT molecular complexity index is 851. The normalized spacial score (nSPS) is 10.6. The lowest BCUT2D eigenvalue weighted by atomic mass is 10.0. The molecule has 1 amide bonds. The number of carboxylic acids is 1. The average molecular weight is 359 g/mol. The van der Waals surface area contributed by atoms with Crippen LogP contribution < -0.4 is 5.32 Å². The molecule has 0 saturated carbocycles. The summed E-state index contributed by atoms with van der Waals surface area (Å²) in [6, 6.07) is 5.03. The quantitative estimate of drug-likeness (QED) is 0.754. The fourth-order valence-corrected chi connectivity index (χ4v) is 3.64. The Morgan fingerprint density at radius 3 is 2.20 bits per heavy atom. The van der Waals surface area contributed by atoms with Crippen LogP contribution in [0.2, 0.25) is 0 Å². The summed E-state index contributed by atoms with van der Waals surface area (Å²) < 4.78 is 0. The molecule has 2 N–H and O–H groups in total. The van der Waals surface area contributed by atoms with Gasteiger partial charge < -0.3 is 10.4 Å². The highest BCUT2D eigenvalue weighted by atomic mass is 32.1. The Hall–Kier alpha value is -2.47. The molecule has 0 aliphatic rings. The van der Waals surface area contributed by atoms with Gasteiger partial charge in [-0.1, -0.05) is 6.07 Å². The van der Waals surface area contributed by atoms with Gasteiger partial charge in [-0.2, -0.15) is 0 Å². The number of Topliss-reactive ketones (excluding diaryl/α,β-unsaturated/α-hetero) is 1. The van der Waals surface area contributed by atoms with Crippen molar-refractivity contribution < 1.29 is 19.5 Å². The highest BCUT2D eigenvalue weighted by Crippen LogP contribution is 2.23. The van der Waals surface area contributed by atoms with Crippen LogP contribution in [-0.4, -0.2) is 22.8 Å². The van der Waals surface area contributed by atoms with Crippen LogP contribution in [0.15, 0.2) is 18.2 Å². The maximum atomic E-state index is 12.2. The summed E-state index contributed by atoms with van der Waals surface area (Å²) in [4.78, 5) is 37.6. The molecular formula is C19H21NO4S. The molecule has 5 nitrogen and oxygen atoms in total. The van der Waals surface area contributed by atoms with Gasteiger partial charge in [0.2, 0.25) is 5.91 Å². The first-order valence-electron chi connectivity index (χ1n) is 7.93. The van der Waals surface area contributed by atoms with Gasteiger partial charge in [-0.15, -0.1) is 11.3 Å². The number of aryl methyl sites for hydroxylation is 4. The third-order valence-electron chi connectivity index (χ3n) is 4.00. The number of nitrogens with one attached hydrogen (secondary N) is 1. The second-order valence-electron chi connectivity index (χ2n) is 6.09. The van der Waals surface area contributed by atoms with Crippen molar-refractivity contribution in [2.24, 2.45) is 0 Å². The molecular weight excluding hydrogens is 338 g/mol. The third-order valence-corrected chi connectivity index (χ3v) is 4.96. The summed E-state index contributed by atoms with van der Waals surface area (Å²) in [6.45, 7) is 7.36. The Balaban J connectivity index is 2.03. The predicted octanol–water partition coefficient (Wildman–Crippen LogP) is 4.28. The zero-order chi connectivity index (χ0) is 18.7. The molecule has 0 fully saturated rings. The summed E-state index contributed by atoms with van der Waals surface area (Å²) in [5, 5.41) is 11.9. The fraction of sp³-hybridized carbons (Fsp3) is 0.316. The van der Waals surface area contributed by atoms with E-state index in [-0.39, 0.29) is 30.1 Å². The van der Waals surface area contributed by atoms with Crippen LogP contribution in [0.3, 0.4) is 0 Å². The van der Waals surface area contributed by atoms with E-state index in [1.54, 1.807) is 31.3 Å². The van der Waals surface area contributed by atoms with Gasteiger partial charge in [-0.05, 0) is 51.0 Å². The van der Waals surface area contributed by atoms with Crippen molar-refractivity contribution in [3.05, 3.63) is 50.2 Å². The van der Waals surface area contributed by atoms with Gasteiger partial charge in [0.1, 0.15) is 0 Å². The number of amides is 1. The summed E-state index contributed by atoms with van der Waals surface area (Å²) in [6.07, 6.45) is 0.183. The second-order valence-corrected chi connectivity index (χ2v) is 7.55. The molecule has 0 aliphatic carbocycles. The summed E-state index contributed by atoms with van der Waals surface area (Å²) >= 11 is 1.57. The molecule has 0 unspecified atom stereocenters.